The Kier molecular flexibility index (Phi) is 65.1. The molecule has 8 fully saturated rings. The standard InChI is InChI=1S/C12H24N2O5.C11H22N2O5.C11H21NO5S.C11H21NO5Se.C10H19NO6S.C10H22NO3S.C10H22NO3Se.C9H19NO4S/c1-7-10(15)11(16)9(19-7)6-14(2,3)5-4-8(13)12(17)18;1-6-9(14)10(15)8(18-6)5-13(2)4-3-7(12)11(16)17;2*1-6-9(13)10(14)8(17-6)5-18(2)4-3-7(12)11(15)16;1-5-8(12)9(13)7(17-5)4-18(16)3-2-6(11)10(14)15;2*1-7-9(12)10(13)8(14-7)6-15(2)5-3-4-11;1-6-8(11)9(12)7(14-6)5-15(13)4-2-3-10/h7-11,15-16H,4-6,13H2,1-3H3;6-10,14-15H,3-5,12H2,1-2H3,(H,16,17);2*6-10,13-14H,3-5,12H2,1-2H3;5-9,12-13H,2-4,11H2,1H3,(H,14,15);2*7-10,12-13H,3-6,11H2,1-2H3;6-9,11-12H,2-5,10H2,1H3/q;;;;;2*+1;/p+3/t7?,8-,9?,10+,11-;6?,7-,8?,9+,10-;2*6?,7-,8?,9+,10-,18?;5?,6-,7?,8+,9-,18?;2*7?,8?,9-,10+,15?;6?,7?,8-,9+,15?/m11111000/s1. The van der Waals surface area contributed by atoms with Gasteiger partial charge in [0.05, 0.1) is 99.6 Å². The molecule has 0 bridgehead atoms. The van der Waals surface area contributed by atoms with Gasteiger partial charge in [-0.15, -0.1) is 0 Å². The molecule has 46 nitrogen and oxygen atoms in total. The van der Waals surface area contributed by atoms with Crippen LogP contribution in [0.15, 0.2) is 0 Å². The molecule has 0 aromatic rings. The number of aliphatic hydroxyl groups excluding tert-OH is 16. The monoisotopic (exact) mass is 2190 g/mol. The van der Waals surface area contributed by atoms with Crippen LogP contribution in [-0.4, -0.2) is 534 Å². The van der Waals surface area contributed by atoms with Crippen molar-refractivity contribution >= 4 is 101 Å². The van der Waals surface area contributed by atoms with Crippen molar-refractivity contribution in [3.8, 4) is 0 Å². The van der Waals surface area contributed by atoms with Gasteiger partial charge in [0.2, 0.25) is 0 Å². The summed E-state index contributed by atoms with van der Waals surface area (Å²) >= 11 is -1.76. The third-order valence-corrected chi connectivity index (χ3v) is 38.4. The number of nitrogens with zero attached hydrogens (tertiary/aromatic N) is 2. The van der Waals surface area contributed by atoms with Crippen molar-refractivity contribution in [2.45, 2.75) is 365 Å². The first kappa shape index (κ1) is 132. The summed E-state index contributed by atoms with van der Waals surface area (Å²) in [6.07, 6.45) is -11.1. The number of carboxylic acids is 5. The molecule has 0 spiro atoms. The number of ether oxygens (including phenoxy) is 8. The summed E-state index contributed by atoms with van der Waals surface area (Å²) < 4.78 is 67.2. The molecular formula is C84H173N10O36S4Se2+5. The van der Waals surface area contributed by atoms with E-state index in [2.05, 4.69) is 17.9 Å². The Morgan fingerprint density at radius 2 is 0.640 bits per heavy atom. The molecule has 0 radical (unpaired) electrons. The van der Waals surface area contributed by atoms with Gasteiger partial charge in [-0.05, 0) is 109 Å². The molecule has 22 unspecified atom stereocenters. The summed E-state index contributed by atoms with van der Waals surface area (Å²) in [4.78, 5) is 54.7. The molecule has 0 aromatic heterocycles. The summed E-state index contributed by atoms with van der Waals surface area (Å²) in [5.41, 5.74) is 43.2. The zero-order chi connectivity index (χ0) is 105. The third-order valence-electron chi connectivity index (χ3n) is 24.1. The van der Waals surface area contributed by atoms with Gasteiger partial charge in [-0.2, -0.15) is 0 Å². The van der Waals surface area contributed by atoms with Crippen LogP contribution >= 0.6 is 0 Å². The van der Waals surface area contributed by atoms with Gasteiger partial charge in [0.1, 0.15) is 145 Å². The zero-order valence-corrected chi connectivity index (χ0v) is 88.1. The second-order valence-corrected chi connectivity index (χ2v) is 54.3. The predicted molar refractivity (Wildman–Crippen MR) is 517 cm³/mol. The Morgan fingerprint density at radius 3 is 0.971 bits per heavy atom. The van der Waals surface area contributed by atoms with E-state index < -0.39 is 244 Å². The van der Waals surface area contributed by atoms with Crippen molar-refractivity contribution < 1.29 is 182 Å². The number of hydrogen-bond acceptors (Lipinski definition) is 40. The number of likely N-dealkylation sites (N-methyl/N-ethyl adjacent to an activating group) is 2. The Labute approximate surface area is 819 Å². The van der Waals surface area contributed by atoms with Gasteiger partial charge >= 0.3 is 230 Å². The molecule has 806 valence electrons. The van der Waals surface area contributed by atoms with E-state index in [9.17, 15) is 114 Å². The molecule has 8 saturated heterocycles. The van der Waals surface area contributed by atoms with E-state index in [4.69, 9.17) is 109 Å². The van der Waals surface area contributed by atoms with Gasteiger partial charge in [0.25, 0.3) is 0 Å². The molecule has 37 N–H and O–H groups in total. The Hall–Kier alpha value is -1.97. The van der Waals surface area contributed by atoms with Crippen molar-refractivity contribution in [1.82, 2.24) is 4.90 Å². The first-order valence-corrected chi connectivity index (χ1v) is 61.0. The van der Waals surface area contributed by atoms with Crippen LogP contribution in [0.2, 0.25) is 32.9 Å². The molecule has 8 heterocycles. The first-order valence-electron chi connectivity index (χ1n) is 45.8. The fourth-order valence-corrected chi connectivity index (χ4v) is 27.8. The Balaban J connectivity index is 0.000000778. The maximum absolute atomic E-state index is 11.7. The van der Waals surface area contributed by atoms with Crippen LogP contribution in [0.5, 0.6) is 0 Å². The first-order chi connectivity index (χ1) is 63.1. The molecule has 0 aliphatic carbocycles. The van der Waals surface area contributed by atoms with Gasteiger partial charge in [-0.3, -0.25) is 27.6 Å². The van der Waals surface area contributed by atoms with Crippen molar-refractivity contribution in [3.63, 3.8) is 0 Å². The number of carboxylic acid groups (broad SMARTS) is 5. The number of rotatable bonds is 45. The zero-order valence-electron chi connectivity index (χ0n) is 81.4. The van der Waals surface area contributed by atoms with Crippen molar-refractivity contribution in [2.24, 2.45) is 45.9 Å². The van der Waals surface area contributed by atoms with E-state index in [-0.39, 0.29) is 107 Å². The number of quaternary nitrogens is 1. The molecule has 43 atom stereocenters. The molecular weight excluding hydrogens is 2010 g/mol. The SMILES string of the molecule is CC1OC(CN(C)CC[C@@H](N)C(=O)O)[C@@H](O)[C@H]1O.CC1OC(CS(=O)CCCN)[C@@H](O)[C@H]1O.CC1OC(CS(=O)CC[C@@H](N)C(=O)O)[C@@H](O)[C@H]1O.CC1OC(C[N+](C)(C)CC[C@@H](N)C(=O)O)[C@@H](O)[C@H]1O.CC1OC(C[S+](C)CCCN)[C@@H](O)[C@H]1O.CC1OC(C[S+](C)CC[C@@H](N)C(=O)O)[C@@H](O)[C@H]1O.CC1OC(C[Se+](C)CCCN)[C@@H](O)[C@H]1O.CC1OC(C[Se+](C)CC[C@@H](N)C(=O)O)[C@@H](O)[C@H]1O. The van der Waals surface area contributed by atoms with Crippen LogP contribution in [0.1, 0.15) is 107 Å². The minimum atomic E-state index is -1.34. The fraction of sp³-hybridized carbons (Fsp3) is 0.940. The van der Waals surface area contributed by atoms with Crippen molar-refractivity contribution in [2.75, 3.05) is 125 Å². The van der Waals surface area contributed by atoms with Gasteiger partial charge in [0, 0.05) is 58.9 Å². The minimum absolute atomic E-state index is 0.0644. The van der Waals surface area contributed by atoms with Gasteiger partial charge < -0.3 is 154 Å². The Bertz CT molecular complexity index is 3210. The van der Waals surface area contributed by atoms with E-state index in [0.29, 0.717) is 93.1 Å². The van der Waals surface area contributed by atoms with Crippen LogP contribution < -0.4 is 45.9 Å². The van der Waals surface area contributed by atoms with Crippen molar-refractivity contribution in [1.29, 1.82) is 0 Å². The molecule has 0 amide bonds. The predicted octanol–water partition coefficient (Wildman–Crippen LogP) is -9.73. The fourth-order valence-electron chi connectivity index (χ4n) is 14.9. The summed E-state index contributed by atoms with van der Waals surface area (Å²) in [5.74, 6) is 3.38. The summed E-state index contributed by atoms with van der Waals surface area (Å²) in [6, 6.07) is -4.44. The number of aliphatic carboxylic acids is 5. The molecule has 8 aliphatic rings. The van der Waals surface area contributed by atoms with Crippen LogP contribution in [0.25, 0.3) is 0 Å². The Morgan fingerprint density at radius 1 is 0.360 bits per heavy atom. The van der Waals surface area contributed by atoms with Crippen molar-refractivity contribution in [3.05, 3.63) is 0 Å². The third kappa shape index (κ3) is 48.1. The average Bonchev–Trinajstić information content (AvgIpc) is 1.67. The van der Waals surface area contributed by atoms with Crippen LogP contribution in [0.3, 0.4) is 0 Å². The molecule has 136 heavy (non-hydrogen) atoms. The number of hydrogen-bond donors (Lipinski definition) is 29. The quantitative estimate of drug-likeness (QED) is 0.0153. The normalized spacial score (nSPS) is 35.8. The molecule has 0 saturated carbocycles. The second-order valence-electron chi connectivity index (χ2n) is 36.8. The second kappa shape index (κ2) is 67.0. The van der Waals surface area contributed by atoms with E-state index >= 15 is 0 Å². The molecule has 8 aliphatic heterocycles. The average molecular weight is 2190 g/mol. The summed E-state index contributed by atoms with van der Waals surface area (Å²) in [5, 5.41) is 201. The van der Waals surface area contributed by atoms with Crippen LogP contribution in [-0.2, 0) is 105 Å². The number of aliphatic hydroxyl groups is 16. The maximum atomic E-state index is 11.7. The molecule has 8 rings (SSSR count). The summed E-state index contributed by atoms with van der Waals surface area (Å²) in [7, 11) is 3.38. The van der Waals surface area contributed by atoms with Gasteiger partial charge in [-0.25, -0.2) is 0 Å². The number of nitrogens with two attached hydrogens (primary N) is 8. The molecule has 52 heteroatoms. The van der Waals surface area contributed by atoms with Gasteiger partial charge in [0.15, 0.2) is 0 Å². The van der Waals surface area contributed by atoms with Crippen LogP contribution in [0, 0.1) is 0 Å². The topological polar surface area (TPSA) is 830 Å². The van der Waals surface area contributed by atoms with Gasteiger partial charge in [-0.1, -0.05) is 0 Å². The van der Waals surface area contributed by atoms with E-state index in [0.717, 1.165) is 46.8 Å². The van der Waals surface area contributed by atoms with E-state index in [1.54, 1.807) is 62.4 Å². The number of carbonyl (C=O) groups is 5. The van der Waals surface area contributed by atoms with Crippen LogP contribution in [0.4, 0.5) is 0 Å². The van der Waals surface area contributed by atoms with E-state index in [1.807, 2.05) is 25.3 Å². The van der Waals surface area contributed by atoms with E-state index in [1.165, 1.54) is 5.32 Å². The molecule has 0 aromatic carbocycles. The summed E-state index contributed by atoms with van der Waals surface area (Å²) in [6.45, 7) is 17.7.